The molecule has 1 N–H and O–H groups in total. The second kappa shape index (κ2) is 6.88. The molecule has 1 aliphatic heterocycles. The smallest absolute Gasteiger partial charge is 0.323 e. The Morgan fingerprint density at radius 3 is 2.29 bits per heavy atom. The highest BCUT2D eigenvalue weighted by Gasteiger charge is 2.56. The van der Waals surface area contributed by atoms with Gasteiger partial charge in [0.15, 0.2) is 9.84 Å². The number of nitrogens with zero attached hydrogens (tertiary/aromatic N) is 2. The van der Waals surface area contributed by atoms with Gasteiger partial charge in [-0.25, -0.2) is 13.2 Å². The molecule has 1 aromatic carbocycles. The highest BCUT2D eigenvalue weighted by molar-refractivity contribution is 7.90. The highest BCUT2D eigenvalue weighted by atomic mass is 32.2. The van der Waals surface area contributed by atoms with E-state index in [1.807, 2.05) is 13.8 Å². The Bertz CT molecular complexity index is 921. The van der Waals surface area contributed by atoms with E-state index in [2.05, 4.69) is 5.32 Å². The maximum Gasteiger partial charge on any atom is 0.325 e. The van der Waals surface area contributed by atoms with Crippen molar-refractivity contribution in [1.82, 2.24) is 10.2 Å². The van der Waals surface area contributed by atoms with Gasteiger partial charge in [0, 0.05) is 18.0 Å². The van der Waals surface area contributed by atoms with Crippen molar-refractivity contribution in [2.75, 3.05) is 17.7 Å². The first-order valence-corrected chi connectivity index (χ1v) is 11.1. The van der Waals surface area contributed by atoms with E-state index in [1.54, 1.807) is 19.1 Å². The largest absolute Gasteiger partial charge is 0.325 e. The van der Waals surface area contributed by atoms with Crippen molar-refractivity contribution in [3.8, 4) is 0 Å². The third-order valence-electron chi connectivity index (χ3n) is 5.32. The number of benzene rings is 1. The van der Waals surface area contributed by atoms with Gasteiger partial charge in [-0.1, -0.05) is 0 Å². The summed E-state index contributed by atoms with van der Waals surface area (Å²) in [5, 5.41) is 2.73. The minimum atomic E-state index is -3.34. The highest BCUT2D eigenvalue weighted by Crippen LogP contribution is 2.42. The Labute approximate surface area is 164 Å². The average molecular weight is 407 g/mol. The van der Waals surface area contributed by atoms with E-state index in [0.717, 1.165) is 24.0 Å². The van der Waals surface area contributed by atoms with Crippen LogP contribution in [0.25, 0.3) is 0 Å². The lowest BCUT2D eigenvalue weighted by Crippen LogP contribution is -2.48. The summed E-state index contributed by atoms with van der Waals surface area (Å²) >= 11 is 0. The summed E-state index contributed by atoms with van der Waals surface area (Å²) in [5.74, 6) is -0.663. The average Bonchev–Trinajstić information content (AvgIpc) is 3.41. The number of hydrogen-bond acceptors (Lipinski definition) is 5. The molecule has 1 aromatic rings. The van der Waals surface area contributed by atoms with Crippen LogP contribution in [0.4, 0.5) is 10.5 Å². The maximum absolute atomic E-state index is 12.9. The molecule has 0 aromatic heterocycles. The van der Waals surface area contributed by atoms with Crippen LogP contribution in [0, 0.1) is 5.92 Å². The number of rotatable bonds is 6. The van der Waals surface area contributed by atoms with Crippen molar-refractivity contribution < 1.29 is 22.8 Å². The first-order valence-electron chi connectivity index (χ1n) is 9.21. The molecule has 2 fully saturated rings. The minimum Gasteiger partial charge on any atom is -0.323 e. The number of nitrogens with one attached hydrogen (secondary N) is 1. The molecule has 1 heterocycles. The Hall–Kier alpha value is -2.42. The SMILES string of the molecule is CC(C)N(C(=O)CN1C(=O)NC(C)(C2CC2)C1=O)c1ccc(S(C)(=O)=O)cc1. The van der Waals surface area contributed by atoms with Gasteiger partial charge in [0.05, 0.1) is 4.90 Å². The fraction of sp³-hybridized carbons (Fsp3) is 0.526. The van der Waals surface area contributed by atoms with Gasteiger partial charge in [0.25, 0.3) is 5.91 Å². The monoisotopic (exact) mass is 407 g/mol. The molecule has 0 bridgehead atoms. The second-order valence-corrected chi connectivity index (χ2v) is 9.94. The van der Waals surface area contributed by atoms with Crippen molar-refractivity contribution in [2.24, 2.45) is 5.92 Å². The molecule has 0 radical (unpaired) electrons. The zero-order valence-electron chi connectivity index (χ0n) is 16.4. The lowest BCUT2D eigenvalue weighted by Gasteiger charge is -2.28. The van der Waals surface area contributed by atoms with Crippen LogP contribution in [-0.4, -0.2) is 55.5 Å². The van der Waals surface area contributed by atoms with Crippen LogP contribution in [0.3, 0.4) is 0 Å². The van der Waals surface area contributed by atoms with Crippen LogP contribution in [0.2, 0.25) is 0 Å². The Morgan fingerprint density at radius 1 is 1.25 bits per heavy atom. The van der Waals surface area contributed by atoms with Gasteiger partial charge in [-0.2, -0.15) is 0 Å². The van der Waals surface area contributed by atoms with Crippen LogP contribution in [-0.2, 0) is 19.4 Å². The third kappa shape index (κ3) is 3.63. The Balaban J connectivity index is 1.80. The summed E-state index contributed by atoms with van der Waals surface area (Å²) in [7, 11) is -3.34. The molecule has 4 amide bonds. The second-order valence-electron chi connectivity index (χ2n) is 7.92. The van der Waals surface area contributed by atoms with E-state index in [1.165, 1.54) is 17.0 Å². The van der Waals surface area contributed by atoms with Gasteiger partial charge < -0.3 is 10.2 Å². The standard InChI is InChI=1S/C19H25N3O5S/c1-12(2)22(14-7-9-15(10-8-14)28(4,26)27)16(23)11-21-17(24)19(3,13-5-6-13)20-18(21)25/h7-10,12-13H,5-6,11H2,1-4H3,(H,20,25). The van der Waals surface area contributed by atoms with E-state index in [0.29, 0.717) is 5.69 Å². The van der Waals surface area contributed by atoms with E-state index in [4.69, 9.17) is 0 Å². The van der Waals surface area contributed by atoms with Crippen LogP contribution < -0.4 is 10.2 Å². The topological polar surface area (TPSA) is 104 Å². The van der Waals surface area contributed by atoms with Crippen molar-refractivity contribution in [1.29, 1.82) is 0 Å². The lowest BCUT2D eigenvalue weighted by molar-refractivity contribution is -0.134. The molecule has 8 nitrogen and oxygen atoms in total. The predicted octanol–water partition coefficient (Wildman–Crippen LogP) is 1.55. The zero-order valence-corrected chi connectivity index (χ0v) is 17.2. The fourth-order valence-electron chi connectivity index (χ4n) is 3.59. The first kappa shape index (κ1) is 20.3. The van der Waals surface area contributed by atoms with Crippen molar-refractivity contribution in [3.63, 3.8) is 0 Å². The van der Waals surface area contributed by atoms with Crippen molar-refractivity contribution in [3.05, 3.63) is 24.3 Å². The first-order chi connectivity index (χ1) is 12.9. The summed E-state index contributed by atoms with van der Waals surface area (Å²) in [6.45, 7) is 4.96. The number of carbonyl (C=O) groups is 3. The number of sulfone groups is 1. The third-order valence-corrected chi connectivity index (χ3v) is 6.45. The Morgan fingerprint density at radius 2 is 1.82 bits per heavy atom. The van der Waals surface area contributed by atoms with Crippen LogP contribution >= 0.6 is 0 Å². The molecular formula is C19H25N3O5S. The van der Waals surface area contributed by atoms with Gasteiger partial charge >= 0.3 is 6.03 Å². The molecule has 152 valence electrons. The number of imide groups is 1. The quantitative estimate of drug-likeness (QED) is 0.721. The molecule has 3 rings (SSSR count). The van der Waals surface area contributed by atoms with Crippen molar-refractivity contribution in [2.45, 2.75) is 50.1 Å². The van der Waals surface area contributed by atoms with E-state index in [9.17, 15) is 22.8 Å². The van der Waals surface area contributed by atoms with Crippen molar-refractivity contribution >= 4 is 33.4 Å². The lowest BCUT2D eigenvalue weighted by atomic mass is 9.96. The van der Waals surface area contributed by atoms with Gasteiger partial charge in [0.1, 0.15) is 12.1 Å². The summed E-state index contributed by atoms with van der Waals surface area (Å²) in [6, 6.07) is 5.18. The van der Waals surface area contributed by atoms with Gasteiger partial charge in [-0.05, 0) is 63.8 Å². The molecule has 1 unspecified atom stereocenters. The molecule has 0 spiro atoms. The molecule has 1 saturated carbocycles. The van der Waals surface area contributed by atoms with Crippen LogP contribution in [0.5, 0.6) is 0 Å². The minimum absolute atomic E-state index is 0.119. The normalized spacial score (nSPS) is 22.5. The van der Waals surface area contributed by atoms with E-state index >= 15 is 0 Å². The summed E-state index contributed by atoms with van der Waals surface area (Å²) in [6.07, 6.45) is 2.88. The Kier molecular flexibility index (Phi) is 4.99. The summed E-state index contributed by atoms with van der Waals surface area (Å²) in [5.41, 5.74) is -0.429. The molecular weight excluding hydrogens is 382 g/mol. The number of amides is 4. The molecule has 2 aliphatic rings. The molecule has 9 heteroatoms. The van der Waals surface area contributed by atoms with Crippen LogP contribution in [0.1, 0.15) is 33.6 Å². The van der Waals surface area contributed by atoms with E-state index in [-0.39, 0.29) is 29.3 Å². The molecule has 28 heavy (non-hydrogen) atoms. The van der Waals surface area contributed by atoms with Gasteiger partial charge in [-0.15, -0.1) is 0 Å². The molecule has 1 saturated heterocycles. The maximum atomic E-state index is 12.9. The van der Waals surface area contributed by atoms with E-state index < -0.39 is 27.3 Å². The predicted molar refractivity (Wildman–Crippen MR) is 104 cm³/mol. The number of urea groups is 1. The molecule has 1 atom stereocenters. The number of hydrogen-bond donors (Lipinski definition) is 1. The zero-order chi connectivity index (χ0) is 20.9. The summed E-state index contributed by atoms with van der Waals surface area (Å²) in [4.78, 5) is 40.6. The number of anilines is 1. The van der Waals surface area contributed by atoms with Crippen LogP contribution in [0.15, 0.2) is 29.2 Å². The fourth-order valence-corrected chi connectivity index (χ4v) is 4.22. The number of carbonyl (C=O) groups excluding carboxylic acids is 3. The summed E-state index contributed by atoms with van der Waals surface area (Å²) < 4.78 is 23.3. The van der Waals surface area contributed by atoms with Gasteiger partial charge in [0.2, 0.25) is 5.91 Å². The van der Waals surface area contributed by atoms with Gasteiger partial charge in [-0.3, -0.25) is 14.5 Å². The molecule has 1 aliphatic carbocycles.